The van der Waals surface area contributed by atoms with Crippen LogP contribution in [0.3, 0.4) is 0 Å². The first-order chi connectivity index (χ1) is 8.08. The summed E-state index contributed by atoms with van der Waals surface area (Å²) in [6.07, 6.45) is 0. The Labute approximate surface area is 101 Å². The molecule has 1 aromatic rings. The number of hydrogen-bond acceptors (Lipinski definition) is 4. The predicted molar refractivity (Wildman–Crippen MR) is 64.9 cm³/mol. The van der Waals surface area contributed by atoms with Gasteiger partial charge in [-0.05, 0) is 6.92 Å². The molecular weight excluding hydrogens is 218 g/mol. The van der Waals surface area contributed by atoms with Gasteiger partial charge in [-0.25, -0.2) is 0 Å². The molecular formula is C12H19N3O2. The lowest BCUT2D eigenvalue weighted by Gasteiger charge is -2.35. The number of amides is 1. The second kappa shape index (κ2) is 4.77. The largest absolute Gasteiger partial charge is 0.360 e. The van der Waals surface area contributed by atoms with Gasteiger partial charge in [0.25, 0.3) is 0 Å². The van der Waals surface area contributed by atoms with Crippen molar-refractivity contribution in [3.05, 3.63) is 11.8 Å². The van der Waals surface area contributed by atoms with Crippen LogP contribution in [0.4, 0.5) is 5.82 Å². The molecule has 2 heterocycles. The number of piperazine rings is 1. The molecule has 1 amide bonds. The molecule has 1 fully saturated rings. The zero-order valence-electron chi connectivity index (χ0n) is 10.6. The fraction of sp³-hybridized carbons (Fsp3) is 0.667. The summed E-state index contributed by atoms with van der Waals surface area (Å²) in [5, 5.41) is 3.99. The van der Waals surface area contributed by atoms with Gasteiger partial charge in [0.15, 0.2) is 5.82 Å². The average Bonchev–Trinajstić information content (AvgIpc) is 2.75. The molecule has 0 radical (unpaired) electrons. The Bertz CT molecular complexity index is 392. The zero-order chi connectivity index (χ0) is 12.4. The summed E-state index contributed by atoms with van der Waals surface area (Å²) in [5.74, 6) is 2.01. The number of rotatable bonds is 2. The van der Waals surface area contributed by atoms with Crippen LogP contribution in [0.5, 0.6) is 0 Å². The average molecular weight is 237 g/mol. The highest BCUT2D eigenvalue weighted by atomic mass is 16.5. The Hall–Kier alpha value is -1.52. The Kier molecular flexibility index (Phi) is 3.36. The fourth-order valence-electron chi connectivity index (χ4n) is 2.02. The molecule has 0 saturated carbocycles. The molecule has 0 atom stereocenters. The lowest BCUT2D eigenvalue weighted by Crippen LogP contribution is -2.50. The Balaban J connectivity index is 1.92. The monoisotopic (exact) mass is 237 g/mol. The molecule has 17 heavy (non-hydrogen) atoms. The summed E-state index contributed by atoms with van der Waals surface area (Å²) in [6.45, 7) is 8.95. The van der Waals surface area contributed by atoms with Gasteiger partial charge in [-0.15, -0.1) is 0 Å². The summed E-state index contributed by atoms with van der Waals surface area (Å²) >= 11 is 0. The Morgan fingerprint density at radius 2 is 2.00 bits per heavy atom. The minimum absolute atomic E-state index is 0.0795. The minimum atomic E-state index is 0.0795. The van der Waals surface area contributed by atoms with Gasteiger partial charge in [0.1, 0.15) is 5.76 Å². The van der Waals surface area contributed by atoms with Crippen LogP contribution in [-0.4, -0.2) is 42.1 Å². The summed E-state index contributed by atoms with van der Waals surface area (Å²) < 4.78 is 5.06. The SMILES string of the molecule is Cc1cc(N2CCN(C(=O)C(C)C)CC2)no1. The molecule has 0 spiro atoms. The molecule has 1 saturated heterocycles. The van der Waals surface area contributed by atoms with E-state index in [2.05, 4.69) is 10.1 Å². The van der Waals surface area contributed by atoms with Crippen molar-refractivity contribution in [1.29, 1.82) is 0 Å². The van der Waals surface area contributed by atoms with Gasteiger partial charge in [-0.2, -0.15) is 0 Å². The van der Waals surface area contributed by atoms with Crippen LogP contribution in [0.15, 0.2) is 10.6 Å². The molecule has 1 aliphatic rings. The lowest BCUT2D eigenvalue weighted by atomic mass is 10.1. The highest BCUT2D eigenvalue weighted by Crippen LogP contribution is 2.16. The van der Waals surface area contributed by atoms with Gasteiger partial charge in [-0.3, -0.25) is 4.79 Å². The van der Waals surface area contributed by atoms with Crippen LogP contribution in [0.2, 0.25) is 0 Å². The van der Waals surface area contributed by atoms with E-state index >= 15 is 0 Å². The molecule has 0 N–H and O–H groups in total. The fourth-order valence-corrected chi connectivity index (χ4v) is 2.02. The van der Waals surface area contributed by atoms with Crippen LogP contribution in [0.25, 0.3) is 0 Å². The van der Waals surface area contributed by atoms with E-state index in [-0.39, 0.29) is 11.8 Å². The number of carbonyl (C=O) groups is 1. The van der Waals surface area contributed by atoms with Gasteiger partial charge in [-0.1, -0.05) is 19.0 Å². The van der Waals surface area contributed by atoms with Crippen LogP contribution in [0.1, 0.15) is 19.6 Å². The molecule has 1 aliphatic heterocycles. The standard InChI is InChI=1S/C12H19N3O2/c1-9(2)12(16)15-6-4-14(5-7-15)11-8-10(3)17-13-11/h8-9H,4-7H2,1-3H3. The zero-order valence-corrected chi connectivity index (χ0v) is 10.6. The molecule has 5 nitrogen and oxygen atoms in total. The number of anilines is 1. The third kappa shape index (κ3) is 2.60. The van der Waals surface area contributed by atoms with Crippen molar-refractivity contribution >= 4 is 11.7 Å². The van der Waals surface area contributed by atoms with Crippen LogP contribution in [0, 0.1) is 12.8 Å². The normalized spacial score (nSPS) is 16.7. The van der Waals surface area contributed by atoms with Crippen LogP contribution >= 0.6 is 0 Å². The predicted octanol–water partition coefficient (Wildman–Crippen LogP) is 1.29. The second-order valence-corrected chi connectivity index (χ2v) is 4.76. The van der Waals surface area contributed by atoms with Crippen molar-refractivity contribution in [3.8, 4) is 0 Å². The number of aryl methyl sites for hydroxylation is 1. The summed E-state index contributed by atoms with van der Waals surface area (Å²) in [5.41, 5.74) is 0. The molecule has 0 aliphatic carbocycles. The van der Waals surface area contributed by atoms with Gasteiger partial charge in [0.2, 0.25) is 5.91 Å². The molecule has 0 bridgehead atoms. The maximum Gasteiger partial charge on any atom is 0.225 e. The number of aromatic nitrogens is 1. The van der Waals surface area contributed by atoms with E-state index in [9.17, 15) is 4.79 Å². The smallest absolute Gasteiger partial charge is 0.225 e. The first kappa shape index (κ1) is 12.0. The first-order valence-electron chi connectivity index (χ1n) is 6.05. The maximum absolute atomic E-state index is 11.8. The molecule has 0 unspecified atom stereocenters. The van der Waals surface area contributed by atoms with E-state index in [1.807, 2.05) is 31.7 Å². The first-order valence-corrected chi connectivity index (χ1v) is 6.05. The van der Waals surface area contributed by atoms with Crippen molar-refractivity contribution in [2.75, 3.05) is 31.1 Å². The summed E-state index contributed by atoms with van der Waals surface area (Å²) in [4.78, 5) is 15.9. The Morgan fingerprint density at radius 1 is 1.35 bits per heavy atom. The van der Waals surface area contributed by atoms with Gasteiger partial charge < -0.3 is 14.3 Å². The van der Waals surface area contributed by atoms with Gasteiger partial charge in [0, 0.05) is 38.2 Å². The van der Waals surface area contributed by atoms with E-state index < -0.39 is 0 Å². The van der Waals surface area contributed by atoms with Crippen molar-refractivity contribution in [2.45, 2.75) is 20.8 Å². The van der Waals surface area contributed by atoms with E-state index in [0.29, 0.717) is 0 Å². The quantitative estimate of drug-likeness (QED) is 0.777. The molecule has 0 aromatic carbocycles. The maximum atomic E-state index is 11.8. The second-order valence-electron chi connectivity index (χ2n) is 4.76. The van der Waals surface area contributed by atoms with Crippen LogP contribution in [-0.2, 0) is 4.79 Å². The molecule has 5 heteroatoms. The molecule has 1 aromatic heterocycles. The van der Waals surface area contributed by atoms with Gasteiger partial charge in [0.05, 0.1) is 0 Å². The lowest BCUT2D eigenvalue weighted by molar-refractivity contribution is -0.134. The topological polar surface area (TPSA) is 49.6 Å². The third-order valence-electron chi connectivity index (χ3n) is 3.02. The van der Waals surface area contributed by atoms with Crippen LogP contribution < -0.4 is 4.90 Å². The molecule has 94 valence electrons. The number of carbonyl (C=O) groups excluding carboxylic acids is 1. The van der Waals surface area contributed by atoms with Gasteiger partial charge >= 0.3 is 0 Å². The summed E-state index contributed by atoms with van der Waals surface area (Å²) in [7, 11) is 0. The minimum Gasteiger partial charge on any atom is -0.360 e. The van der Waals surface area contributed by atoms with E-state index in [1.54, 1.807) is 0 Å². The number of nitrogens with zero attached hydrogens (tertiary/aromatic N) is 3. The van der Waals surface area contributed by atoms with E-state index in [0.717, 1.165) is 37.8 Å². The molecule has 2 rings (SSSR count). The highest BCUT2D eigenvalue weighted by molar-refractivity contribution is 5.78. The van der Waals surface area contributed by atoms with Crippen molar-refractivity contribution in [3.63, 3.8) is 0 Å². The van der Waals surface area contributed by atoms with E-state index in [4.69, 9.17) is 4.52 Å². The Morgan fingerprint density at radius 3 is 2.47 bits per heavy atom. The van der Waals surface area contributed by atoms with Crippen molar-refractivity contribution in [1.82, 2.24) is 10.1 Å². The highest BCUT2D eigenvalue weighted by Gasteiger charge is 2.23. The van der Waals surface area contributed by atoms with Crippen molar-refractivity contribution < 1.29 is 9.32 Å². The number of hydrogen-bond donors (Lipinski definition) is 0. The third-order valence-corrected chi connectivity index (χ3v) is 3.02. The van der Waals surface area contributed by atoms with Crippen molar-refractivity contribution in [2.24, 2.45) is 5.92 Å². The summed E-state index contributed by atoms with van der Waals surface area (Å²) in [6, 6.07) is 1.93. The van der Waals surface area contributed by atoms with E-state index in [1.165, 1.54) is 0 Å².